The first-order valence-corrected chi connectivity index (χ1v) is 8.54. The highest BCUT2D eigenvalue weighted by Crippen LogP contribution is 2.40. The van der Waals surface area contributed by atoms with Crippen LogP contribution >= 0.6 is 11.3 Å². The fourth-order valence-electron chi connectivity index (χ4n) is 3.05. The van der Waals surface area contributed by atoms with Gasteiger partial charge >= 0.3 is 0 Å². The average molecular weight is 330 g/mol. The van der Waals surface area contributed by atoms with E-state index >= 15 is 0 Å². The second-order valence-electron chi connectivity index (χ2n) is 6.05. The minimum atomic E-state index is -0.383. The SMILES string of the molecule is Cc1ccc2c(sc3c(F)c(OCC4CC=CC4)ccc32)c1F. The second-order valence-corrected chi connectivity index (χ2v) is 7.07. The Balaban J connectivity index is 1.75. The van der Waals surface area contributed by atoms with E-state index in [1.807, 2.05) is 12.1 Å². The molecule has 0 bridgehead atoms. The van der Waals surface area contributed by atoms with Gasteiger partial charge in [-0.15, -0.1) is 11.3 Å². The lowest BCUT2D eigenvalue weighted by molar-refractivity contribution is 0.247. The molecule has 0 aliphatic heterocycles. The van der Waals surface area contributed by atoms with Crippen LogP contribution in [0.5, 0.6) is 5.75 Å². The van der Waals surface area contributed by atoms with E-state index in [9.17, 15) is 8.78 Å². The number of hydrogen-bond acceptors (Lipinski definition) is 2. The lowest BCUT2D eigenvalue weighted by atomic mass is 10.1. The maximum atomic E-state index is 14.8. The average Bonchev–Trinajstić information content (AvgIpc) is 3.18. The Morgan fingerprint density at radius 3 is 2.39 bits per heavy atom. The van der Waals surface area contributed by atoms with Crippen LogP contribution in [0.15, 0.2) is 36.4 Å². The standard InChI is InChI=1S/C19H16F2OS/c1-11-6-7-13-14-8-9-15(22-10-12-4-2-3-5-12)17(21)19(14)23-18(13)16(11)20/h2-3,6-9,12H,4-5,10H2,1H3. The lowest BCUT2D eigenvalue weighted by Crippen LogP contribution is -2.09. The Hall–Kier alpha value is -1.94. The monoisotopic (exact) mass is 330 g/mol. The minimum absolute atomic E-state index is 0.257. The van der Waals surface area contributed by atoms with E-state index in [2.05, 4.69) is 12.2 Å². The maximum Gasteiger partial charge on any atom is 0.182 e. The molecule has 0 saturated heterocycles. The van der Waals surface area contributed by atoms with Crippen molar-refractivity contribution in [3.63, 3.8) is 0 Å². The van der Waals surface area contributed by atoms with Crippen LogP contribution in [0.3, 0.4) is 0 Å². The summed E-state index contributed by atoms with van der Waals surface area (Å²) in [6.45, 7) is 2.23. The number of aryl methyl sites for hydroxylation is 1. The summed E-state index contributed by atoms with van der Waals surface area (Å²) in [5.41, 5.74) is 0.578. The van der Waals surface area contributed by atoms with Gasteiger partial charge in [-0.3, -0.25) is 0 Å². The predicted molar refractivity (Wildman–Crippen MR) is 91.3 cm³/mol. The zero-order valence-corrected chi connectivity index (χ0v) is 13.6. The van der Waals surface area contributed by atoms with Crippen LogP contribution in [0.2, 0.25) is 0 Å². The van der Waals surface area contributed by atoms with Crippen molar-refractivity contribution in [3.05, 3.63) is 53.6 Å². The van der Waals surface area contributed by atoms with E-state index in [1.54, 1.807) is 19.1 Å². The first kappa shape index (κ1) is 14.6. The Labute approximate surface area is 137 Å². The number of thiophene rings is 1. The third-order valence-corrected chi connectivity index (χ3v) is 5.63. The summed E-state index contributed by atoms with van der Waals surface area (Å²) >= 11 is 1.16. The highest BCUT2D eigenvalue weighted by Gasteiger charge is 2.18. The molecule has 1 heterocycles. The number of allylic oxidation sites excluding steroid dienone is 2. The van der Waals surface area contributed by atoms with Crippen LogP contribution < -0.4 is 4.74 Å². The van der Waals surface area contributed by atoms with Crippen LogP contribution in [0.25, 0.3) is 20.2 Å². The summed E-state index contributed by atoms with van der Waals surface area (Å²) in [5, 5.41) is 1.51. The molecule has 0 fully saturated rings. The molecule has 0 spiro atoms. The van der Waals surface area contributed by atoms with Gasteiger partial charge in [0.15, 0.2) is 11.6 Å². The Morgan fingerprint density at radius 2 is 1.65 bits per heavy atom. The van der Waals surface area contributed by atoms with Gasteiger partial charge in [-0.05, 0) is 43.4 Å². The molecule has 0 N–H and O–H groups in total. The Bertz CT molecular complexity index is 918. The molecule has 118 valence electrons. The minimum Gasteiger partial charge on any atom is -0.490 e. The van der Waals surface area contributed by atoms with Crippen molar-refractivity contribution in [2.45, 2.75) is 19.8 Å². The summed E-state index contributed by atoms with van der Waals surface area (Å²) in [6, 6.07) is 7.08. The van der Waals surface area contributed by atoms with E-state index in [-0.39, 0.29) is 17.4 Å². The molecule has 3 aromatic rings. The van der Waals surface area contributed by atoms with Gasteiger partial charge in [-0.25, -0.2) is 8.78 Å². The van der Waals surface area contributed by atoms with Gasteiger partial charge < -0.3 is 4.74 Å². The zero-order valence-electron chi connectivity index (χ0n) is 12.7. The molecule has 1 aliphatic carbocycles. The first-order valence-electron chi connectivity index (χ1n) is 7.72. The molecule has 0 amide bonds. The zero-order chi connectivity index (χ0) is 16.0. The summed E-state index contributed by atoms with van der Waals surface area (Å²) < 4.78 is 35.7. The molecule has 4 heteroatoms. The van der Waals surface area contributed by atoms with Gasteiger partial charge in [0.2, 0.25) is 0 Å². The van der Waals surface area contributed by atoms with E-state index in [0.29, 0.717) is 27.5 Å². The molecule has 0 unspecified atom stereocenters. The van der Waals surface area contributed by atoms with Crippen LogP contribution in [0, 0.1) is 24.5 Å². The molecule has 23 heavy (non-hydrogen) atoms. The van der Waals surface area contributed by atoms with Crippen molar-refractivity contribution >= 4 is 31.5 Å². The quantitative estimate of drug-likeness (QED) is 0.536. The van der Waals surface area contributed by atoms with Crippen LogP contribution in [0.1, 0.15) is 18.4 Å². The fraction of sp³-hybridized carbons (Fsp3) is 0.263. The largest absolute Gasteiger partial charge is 0.490 e. The topological polar surface area (TPSA) is 9.23 Å². The lowest BCUT2D eigenvalue weighted by Gasteiger charge is -2.12. The van der Waals surface area contributed by atoms with E-state index in [4.69, 9.17) is 4.74 Å². The normalized spacial score (nSPS) is 15.1. The number of ether oxygens (including phenoxy) is 1. The van der Waals surface area contributed by atoms with Crippen molar-refractivity contribution < 1.29 is 13.5 Å². The first-order chi connectivity index (χ1) is 11.1. The maximum absolute atomic E-state index is 14.8. The number of hydrogen-bond donors (Lipinski definition) is 0. The highest BCUT2D eigenvalue weighted by atomic mass is 32.1. The van der Waals surface area contributed by atoms with Crippen LogP contribution in [-0.2, 0) is 0 Å². The number of rotatable bonds is 3. The van der Waals surface area contributed by atoms with Gasteiger partial charge in [0.25, 0.3) is 0 Å². The third-order valence-electron chi connectivity index (χ3n) is 4.43. The molecule has 1 nitrogen and oxygen atoms in total. The molecule has 0 saturated carbocycles. The van der Waals surface area contributed by atoms with E-state index in [0.717, 1.165) is 35.0 Å². The van der Waals surface area contributed by atoms with Crippen molar-refractivity contribution in [1.82, 2.24) is 0 Å². The van der Waals surface area contributed by atoms with E-state index in [1.165, 1.54) is 0 Å². The van der Waals surface area contributed by atoms with Gasteiger partial charge in [-0.2, -0.15) is 0 Å². The molecule has 1 aromatic heterocycles. The molecule has 2 aromatic carbocycles. The molecule has 1 aliphatic rings. The fourth-order valence-corrected chi connectivity index (χ4v) is 4.27. The van der Waals surface area contributed by atoms with Gasteiger partial charge in [0, 0.05) is 10.8 Å². The molecular formula is C19H16F2OS. The van der Waals surface area contributed by atoms with Crippen LogP contribution in [0.4, 0.5) is 8.78 Å². The molecular weight excluding hydrogens is 314 g/mol. The van der Waals surface area contributed by atoms with Crippen LogP contribution in [-0.4, -0.2) is 6.61 Å². The Kier molecular flexibility index (Phi) is 3.57. The number of fused-ring (bicyclic) bond motifs is 3. The summed E-state index contributed by atoms with van der Waals surface area (Å²) in [7, 11) is 0. The summed E-state index contributed by atoms with van der Waals surface area (Å²) in [5.74, 6) is 0.0370. The number of halogens is 2. The molecule has 0 atom stereocenters. The summed E-state index contributed by atoms with van der Waals surface area (Å²) in [4.78, 5) is 0. The van der Waals surface area contributed by atoms with Crippen molar-refractivity contribution in [2.24, 2.45) is 5.92 Å². The van der Waals surface area contributed by atoms with Crippen molar-refractivity contribution in [3.8, 4) is 5.75 Å². The van der Waals surface area contributed by atoms with Gasteiger partial charge in [0.1, 0.15) is 5.82 Å². The predicted octanol–water partition coefficient (Wildman–Crippen LogP) is 5.99. The number of benzene rings is 2. The third kappa shape index (κ3) is 2.41. The van der Waals surface area contributed by atoms with Crippen molar-refractivity contribution in [1.29, 1.82) is 0 Å². The van der Waals surface area contributed by atoms with Gasteiger partial charge in [0.05, 0.1) is 16.0 Å². The highest BCUT2D eigenvalue weighted by molar-refractivity contribution is 7.25. The smallest absolute Gasteiger partial charge is 0.182 e. The molecule has 4 rings (SSSR count). The Morgan fingerprint density at radius 1 is 1.00 bits per heavy atom. The summed E-state index contributed by atoms with van der Waals surface area (Å²) in [6.07, 6.45) is 6.23. The van der Waals surface area contributed by atoms with Gasteiger partial charge in [-0.1, -0.05) is 24.3 Å². The van der Waals surface area contributed by atoms with E-state index < -0.39 is 0 Å². The molecule has 0 radical (unpaired) electrons. The van der Waals surface area contributed by atoms with Crippen molar-refractivity contribution in [2.75, 3.05) is 6.61 Å². The second kappa shape index (κ2) is 5.60.